The molecule has 1 aromatic rings. The maximum Gasteiger partial charge on any atom is 0.410 e. The molecule has 3 rings (SSSR count). The van der Waals surface area contributed by atoms with E-state index in [0.29, 0.717) is 32.8 Å². The predicted molar refractivity (Wildman–Crippen MR) is 77.5 cm³/mol. The molecule has 0 radical (unpaired) electrons. The molecular formula is C16H20N2O3. The highest BCUT2D eigenvalue weighted by Gasteiger charge is 2.35. The summed E-state index contributed by atoms with van der Waals surface area (Å²) < 4.78 is 5.31. The van der Waals surface area contributed by atoms with Gasteiger partial charge in [-0.15, -0.1) is 0 Å². The maximum atomic E-state index is 12.0. The molecule has 1 aromatic carbocycles. The first-order valence-electron chi connectivity index (χ1n) is 7.48. The number of hydrogen-bond acceptors (Lipinski definition) is 3. The molecule has 0 N–H and O–H groups in total. The van der Waals surface area contributed by atoms with Gasteiger partial charge in [0, 0.05) is 32.1 Å². The van der Waals surface area contributed by atoms with Crippen molar-refractivity contribution in [1.82, 2.24) is 9.80 Å². The van der Waals surface area contributed by atoms with E-state index in [-0.39, 0.29) is 17.9 Å². The van der Waals surface area contributed by atoms with Gasteiger partial charge in [-0.1, -0.05) is 30.3 Å². The van der Waals surface area contributed by atoms with Gasteiger partial charge in [-0.25, -0.2) is 4.79 Å². The molecule has 21 heavy (non-hydrogen) atoms. The Bertz CT molecular complexity index is 506. The monoisotopic (exact) mass is 288 g/mol. The lowest BCUT2D eigenvalue weighted by Crippen LogP contribution is -2.51. The van der Waals surface area contributed by atoms with E-state index in [0.717, 1.165) is 18.4 Å². The Labute approximate surface area is 124 Å². The zero-order valence-electron chi connectivity index (χ0n) is 12.0. The molecule has 1 aliphatic carbocycles. The quantitative estimate of drug-likeness (QED) is 0.853. The zero-order chi connectivity index (χ0) is 14.7. The van der Waals surface area contributed by atoms with E-state index in [9.17, 15) is 9.59 Å². The molecule has 2 fully saturated rings. The topological polar surface area (TPSA) is 49.9 Å². The molecule has 112 valence electrons. The maximum absolute atomic E-state index is 12.0. The minimum absolute atomic E-state index is 0.251. The summed E-state index contributed by atoms with van der Waals surface area (Å²) in [5.41, 5.74) is 0.980. The molecule has 1 saturated carbocycles. The van der Waals surface area contributed by atoms with Gasteiger partial charge in [0.15, 0.2) is 0 Å². The average molecular weight is 288 g/mol. The van der Waals surface area contributed by atoms with Crippen LogP contribution in [0.25, 0.3) is 0 Å². The Hall–Kier alpha value is -2.04. The summed E-state index contributed by atoms with van der Waals surface area (Å²) in [7, 11) is 0. The number of amides is 2. The van der Waals surface area contributed by atoms with Crippen molar-refractivity contribution in [3.8, 4) is 0 Å². The summed E-state index contributed by atoms with van der Waals surface area (Å²) in [5, 5.41) is 0. The largest absolute Gasteiger partial charge is 0.445 e. The third-order valence-electron chi connectivity index (χ3n) is 3.98. The van der Waals surface area contributed by atoms with E-state index < -0.39 is 0 Å². The third-order valence-corrected chi connectivity index (χ3v) is 3.98. The molecule has 5 nitrogen and oxygen atoms in total. The van der Waals surface area contributed by atoms with Crippen molar-refractivity contribution in [2.45, 2.75) is 19.4 Å². The Balaban J connectivity index is 1.43. The van der Waals surface area contributed by atoms with Crippen molar-refractivity contribution < 1.29 is 14.3 Å². The second kappa shape index (κ2) is 6.16. The standard InChI is InChI=1S/C16H20N2O3/c19-15(14-6-7-14)17-8-10-18(11-9-17)16(20)21-12-13-4-2-1-3-5-13/h1-5,14H,6-12H2. The number of benzene rings is 1. The Morgan fingerprint density at radius 2 is 1.62 bits per heavy atom. The second-order valence-corrected chi connectivity index (χ2v) is 5.63. The first-order valence-corrected chi connectivity index (χ1v) is 7.48. The van der Waals surface area contributed by atoms with E-state index in [1.165, 1.54) is 0 Å². The fourth-order valence-corrected chi connectivity index (χ4v) is 2.51. The van der Waals surface area contributed by atoms with Gasteiger partial charge >= 0.3 is 6.09 Å². The molecule has 1 saturated heterocycles. The third kappa shape index (κ3) is 3.54. The van der Waals surface area contributed by atoms with Crippen LogP contribution in [-0.4, -0.2) is 48.0 Å². The van der Waals surface area contributed by atoms with Crippen LogP contribution in [0.1, 0.15) is 18.4 Å². The summed E-state index contributed by atoms with van der Waals surface area (Å²) in [6.45, 7) is 2.66. The van der Waals surface area contributed by atoms with E-state index >= 15 is 0 Å². The number of ether oxygens (including phenoxy) is 1. The molecule has 0 spiro atoms. The number of rotatable bonds is 3. The summed E-state index contributed by atoms with van der Waals surface area (Å²) in [4.78, 5) is 27.5. The summed E-state index contributed by atoms with van der Waals surface area (Å²) in [5.74, 6) is 0.508. The predicted octanol–water partition coefficient (Wildman–Crippen LogP) is 1.88. The fraction of sp³-hybridized carbons (Fsp3) is 0.500. The SMILES string of the molecule is O=C(OCc1ccccc1)N1CCN(C(=O)C2CC2)CC1. The number of carbonyl (C=O) groups is 2. The van der Waals surface area contributed by atoms with E-state index in [1.54, 1.807) is 4.90 Å². The van der Waals surface area contributed by atoms with Crippen LogP contribution in [0.5, 0.6) is 0 Å². The van der Waals surface area contributed by atoms with Crippen LogP contribution in [0.15, 0.2) is 30.3 Å². The van der Waals surface area contributed by atoms with Gasteiger partial charge < -0.3 is 14.5 Å². The summed E-state index contributed by atoms with van der Waals surface area (Å²) >= 11 is 0. The van der Waals surface area contributed by atoms with Gasteiger partial charge in [-0.05, 0) is 18.4 Å². The van der Waals surface area contributed by atoms with Crippen molar-refractivity contribution in [2.24, 2.45) is 5.92 Å². The number of piperazine rings is 1. The first kappa shape index (κ1) is 13.9. The number of nitrogens with zero attached hydrogens (tertiary/aromatic N) is 2. The highest BCUT2D eigenvalue weighted by Crippen LogP contribution is 2.31. The van der Waals surface area contributed by atoms with Crippen LogP contribution in [0.2, 0.25) is 0 Å². The number of carbonyl (C=O) groups excluding carboxylic acids is 2. The minimum Gasteiger partial charge on any atom is -0.445 e. The molecule has 2 amide bonds. The van der Waals surface area contributed by atoms with Crippen molar-refractivity contribution in [1.29, 1.82) is 0 Å². The second-order valence-electron chi connectivity index (χ2n) is 5.63. The van der Waals surface area contributed by atoms with Crippen LogP contribution in [0, 0.1) is 5.92 Å². The average Bonchev–Trinajstić information content (AvgIpc) is 3.38. The van der Waals surface area contributed by atoms with Crippen molar-refractivity contribution in [3.05, 3.63) is 35.9 Å². The summed E-state index contributed by atoms with van der Waals surface area (Å²) in [6.07, 6.45) is 1.76. The molecule has 0 unspecified atom stereocenters. The van der Waals surface area contributed by atoms with Gasteiger partial charge in [0.25, 0.3) is 0 Å². The number of hydrogen-bond donors (Lipinski definition) is 0. The lowest BCUT2D eigenvalue weighted by atomic mass is 10.2. The van der Waals surface area contributed by atoms with Gasteiger partial charge in [-0.2, -0.15) is 0 Å². The summed E-state index contributed by atoms with van der Waals surface area (Å²) in [6, 6.07) is 9.64. The van der Waals surface area contributed by atoms with Crippen molar-refractivity contribution >= 4 is 12.0 Å². The van der Waals surface area contributed by atoms with Gasteiger partial charge in [0.05, 0.1) is 0 Å². The van der Waals surface area contributed by atoms with Crippen LogP contribution < -0.4 is 0 Å². The lowest BCUT2D eigenvalue weighted by molar-refractivity contribution is -0.134. The molecule has 5 heteroatoms. The molecule has 0 bridgehead atoms. The zero-order valence-corrected chi connectivity index (χ0v) is 12.0. The van der Waals surface area contributed by atoms with Crippen LogP contribution in [0.3, 0.4) is 0 Å². The molecule has 1 heterocycles. The minimum atomic E-state index is -0.294. The van der Waals surface area contributed by atoms with Crippen LogP contribution >= 0.6 is 0 Å². The Morgan fingerprint density at radius 1 is 1.00 bits per heavy atom. The van der Waals surface area contributed by atoms with Gasteiger partial charge in [0.1, 0.15) is 6.61 Å². The normalized spacial score (nSPS) is 18.5. The van der Waals surface area contributed by atoms with E-state index in [1.807, 2.05) is 35.2 Å². The van der Waals surface area contributed by atoms with Crippen LogP contribution in [-0.2, 0) is 16.1 Å². The van der Waals surface area contributed by atoms with Gasteiger partial charge in [0.2, 0.25) is 5.91 Å². The molecule has 0 aromatic heterocycles. The van der Waals surface area contributed by atoms with Crippen molar-refractivity contribution in [2.75, 3.05) is 26.2 Å². The van der Waals surface area contributed by atoms with E-state index in [4.69, 9.17) is 4.74 Å². The lowest BCUT2D eigenvalue weighted by Gasteiger charge is -2.34. The molecular weight excluding hydrogens is 268 g/mol. The highest BCUT2D eigenvalue weighted by atomic mass is 16.6. The van der Waals surface area contributed by atoms with E-state index in [2.05, 4.69) is 0 Å². The van der Waals surface area contributed by atoms with Crippen LogP contribution in [0.4, 0.5) is 4.79 Å². The fourth-order valence-electron chi connectivity index (χ4n) is 2.51. The highest BCUT2D eigenvalue weighted by molar-refractivity contribution is 5.81. The Morgan fingerprint density at radius 3 is 2.24 bits per heavy atom. The molecule has 0 atom stereocenters. The molecule has 2 aliphatic rings. The Kier molecular flexibility index (Phi) is 4.08. The first-order chi connectivity index (χ1) is 10.2. The van der Waals surface area contributed by atoms with Crippen molar-refractivity contribution in [3.63, 3.8) is 0 Å². The molecule has 1 aliphatic heterocycles. The van der Waals surface area contributed by atoms with Gasteiger partial charge in [-0.3, -0.25) is 4.79 Å². The smallest absolute Gasteiger partial charge is 0.410 e.